The minimum absolute atomic E-state index is 0.0971. The van der Waals surface area contributed by atoms with Gasteiger partial charge in [0.15, 0.2) is 6.61 Å². The Labute approximate surface area is 114 Å². The van der Waals surface area contributed by atoms with Crippen LogP contribution in [-0.2, 0) is 22.3 Å². The Morgan fingerprint density at radius 2 is 2.00 bits per heavy atom. The van der Waals surface area contributed by atoms with E-state index in [-0.39, 0.29) is 23.5 Å². The number of hydrogen-bond acceptors (Lipinski definition) is 4. The first-order valence-corrected chi connectivity index (χ1v) is 5.89. The van der Waals surface area contributed by atoms with Crippen LogP contribution in [0.4, 0.5) is 13.2 Å². The predicted molar refractivity (Wildman–Crippen MR) is 64.2 cm³/mol. The van der Waals surface area contributed by atoms with Crippen LogP contribution in [0.3, 0.4) is 0 Å². The van der Waals surface area contributed by atoms with E-state index in [0.29, 0.717) is 0 Å². The summed E-state index contributed by atoms with van der Waals surface area (Å²) in [7, 11) is 0. The van der Waals surface area contributed by atoms with E-state index in [9.17, 15) is 18.0 Å². The lowest BCUT2D eigenvalue weighted by atomic mass is 10.0. The minimum atomic E-state index is -4.61. The molecule has 7 heteroatoms. The highest BCUT2D eigenvalue weighted by Gasteiger charge is 2.34. The van der Waals surface area contributed by atoms with Gasteiger partial charge >= 0.3 is 12.1 Å². The van der Waals surface area contributed by atoms with E-state index in [0.717, 1.165) is 6.07 Å². The van der Waals surface area contributed by atoms with Gasteiger partial charge in [-0.05, 0) is 37.1 Å². The first kappa shape index (κ1) is 16.3. The summed E-state index contributed by atoms with van der Waals surface area (Å²) in [5.74, 6) is -0.759. The van der Waals surface area contributed by atoms with E-state index in [1.165, 1.54) is 13.0 Å². The van der Waals surface area contributed by atoms with Crippen molar-refractivity contribution in [1.29, 1.82) is 0 Å². The van der Waals surface area contributed by atoms with Crippen LogP contribution in [0.15, 0.2) is 12.1 Å². The van der Waals surface area contributed by atoms with Gasteiger partial charge < -0.3 is 14.6 Å². The third-order valence-corrected chi connectivity index (χ3v) is 2.57. The van der Waals surface area contributed by atoms with Crippen LogP contribution in [-0.4, -0.2) is 24.3 Å². The van der Waals surface area contributed by atoms with Crippen molar-refractivity contribution >= 4 is 5.97 Å². The zero-order chi connectivity index (χ0) is 15.3. The second-order valence-corrected chi connectivity index (χ2v) is 4.02. The zero-order valence-electron chi connectivity index (χ0n) is 11.1. The summed E-state index contributed by atoms with van der Waals surface area (Å²) >= 11 is 0. The summed E-state index contributed by atoms with van der Waals surface area (Å²) in [6, 6.07) is 2.10. The highest BCUT2D eigenvalue weighted by atomic mass is 19.4. The predicted octanol–water partition coefficient (Wildman–Crippen LogP) is 2.45. The molecule has 0 saturated carbocycles. The molecular formula is C13H15F3O4. The Hall–Kier alpha value is -1.76. The summed E-state index contributed by atoms with van der Waals surface area (Å²) in [5, 5.41) is 9.03. The third kappa shape index (κ3) is 4.12. The molecule has 0 atom stereocenters. The quantitative estimate of drug-likeness (QED) is 0.847. The fourth-order valence-corrected chi connectivity index (χ4v) is 1.68. The molecule has 20 heavy (non-hydrogen) atoms. The van der Waals surface area contributed by atoms with Crippen molar-refractivity contribution < 1.29 is 32.5 Å². The molecule has 0 unspecified atom stereocenters. The van der Waals surface area contributed by atoms with Gasteiger partial charge in [-0.2, -0.15) is 13.2 Å². The Morgan fingerprint density at radius 3 is 2.50 bits per heavy atom. The maximum absolute atomic E-state index is 12.9. The van der Waals surface area contributed by atoms with E-state index in [1.807, 2.05) is 0 Å². The standard InChI is InChI=1S/C13H15F3O4/c1-3-19-12(18)7-20-9-4-8(2)10(6-17)11(5-9)13(14,15)16/h4-5,17H,3,6-7H2,1-2H3. The zero-order valence-corrected chi connectivity index (χ0v) is 11.1. The van der Waals surface area contributed by atoms with Crippen LogP contribution in [0, 0.1) is 6.92 Å². The fourth-order valence-electron chi connectivity index (χ4n) is 1.68. The van der Waals surface area contributed by atoms with Gasteiger partial charge in [0.05, 0.1) is 18.8 Å². The van der Waals surface area contributed by atoms with Crippen molar-refractivity contribution in [2.45, 2.75) is 26.6 Å². The van der Waals surface area contributed by atoms with Crippen molar-refractivity contribution in [1.82, 2.24) is 0 Å². The highest BCUT2D eigenvalue weighted by molar-refractivity contribution is 5.71. The van der Waals surface area contributed by atoms with Crippen molar-refractivity contribution in [3.05, 3.63) is 28.8 Å². The summed E-state index contributed by atoms with van der Waals surface area (Å²) in [6.45, 7) is 2.01. The molecule has 0 amide bonds. The van der Waals surface area contributed by atoms with Gasteiger partial charge in [0.25, 0.3) is 0 Å². The molecule has 0 aliphatic carbocycles. The molecule has 1 rings (SSSR count). The number of rotatable bonds is 5. The Kier molecular flexibility index (Phi) is 5.38. The lowest BCUT2D eigenvalue weighted by Gasteiger charge is -2.16. The van der Waals surface area contributed by atoms with E-state index >= 15 is 0 Å². The molecule has 0 saturated heterocycles. The monoisotopic (exact) mass is 292 g/mol. The topological polar surface area (TPSA) is 55.8 Å². The second-order valence-electron chi connectivity index (χ2n) is 4.02. The third-order valence-electron chi connectivity index (χ3n) is 2.57. The van der Waals surface area contributed by atoms with Gasteiger partial charge in [0, 0.05) is 0 Å². The van der Waals surface area contributed by atoms with Crippen LogP contribution >= 0.6 is 0 Å². The van der Waals surface area contributed by atoms with Gasteiger partial charge in [-0.25, -0.2) is 4.79 Å². The molecule has 0 aliphatic rings. The summed E-state index contributed by atoms with van der Waals surface area (Å²) in [6.07, 6.45) is -4.61. The van der Waals surface area contributed by atoms with Gasteiger partial charge in [0.2, 0.25) is 0 Å². The van der Waals surface area contributed by atoms with Crippen molar-refractivity contribution in [2.75, 3.05) is 13.2 Å². The maximum Gasteiger partial charge on any atom is 0.416 e. The number of aliphatic hydroxyl groups excluding tert-OH is 1. The highest BCUT2D eigenvalue weighted by Crippen LogP contribution is 2.36. The van der Waals surface area contributed by atoms with Crippen LogP contribution in [0.1, 0.15) is 23.6 Å². The molecule has 0 heterocycles. The number of esters is 1. The number of benzene rings is 1. The molecule has 1 aromatic carbocycles. The molecule has 4 nitrogen and oxygen atoms in total. The van der Waals surface area contributed by atoms with Crippen LogP contribution < -0.4 is 4.74 Å². The van der Waals surface area contributed by atoms with Gasteiger partial charge in [-0.3, -0.25) is 0 Å². The molecule has 1 aromatic rings. The summed E-state index contributed by atoms with van der Waals surface area (Å²) < 4.78 is 48.2. The number of aliphatic hydroxyl groups is 1. The molecule has 112 valence electrons. The number of alkyl halides is 3. The van der Waals surface area contributed by atoms with Crippen molar-refractivity contribution in [3.63, 3.8) is 0 Å². The lowest BCUT2D eigenvalue weighted by Crippen LogP contribution is -2.16. The fraction of sp³-hybridized carbons (Fsp3) is 0.462. The van der Waals surface area contributed by atoms with Crippen LogP contribution in [0.25, 0.3) is 0 Å². The van der Waals surface area contributed by atoms with E-state index in [2.05, 4.69) is 4.74 Å². The number of aryl methyl sites for hydroxylation is 1. The molecular weight excluding hydrogens is 277 g/mol. The summed E-state index contributed by atoms with van der Waals surface area (Å²) in [4.78, 5) is 11.1. The molecule has 0 bridgehead atoms. The second kappa shape index (κ2) is 6.60. The first-order chi connectivity index (χ1) is 9.29. The first-order valence-electron chi connectivity index (χ1n) is 5.89. The number of carbonyl (C=O) groups is 1. The number of hydrogen-bond donors (Lipinski definition) is 1. The number of carbonyl (C=O) groups excluding carboxylic acids is 1. The average Bonchev–Trinajstić information content (AvgIpc) is 2.35. The van der Waals surface area contributed by atoms with Gasteiger partial charge in [-0.15, -0.1) is 0 Å². The van der Waals surface area contributed by atoms with Crippen LogP contribution in [0.2, 0.25) is 0 Å². The maximum atomic E-state index is 12.9. The van der Waals surface area contributed by atoms with Crippen molar-refractivity contribution in [3.8, 4) is 5.75 Å². The largest absolute Gasteiger partial charge is 0.482 e. The molecule has 0 aromatic heterocycles. The summed E-state index contributed by atoms with van der Waals surface area (Å²) in [5.41, 5.74) is -0.943. The SMILES string of the molecule is CCOC(=O)COc1cc(C)c(CO)c(C(F)(F)F)c1. The van der Waals surface area contributed by atoms with E-state index in [4.69, 9.17) is 9.84 Å². The van der Waals surface area contributed by atoms with Gasteiger partial charge in [0.1, 0.15) is 5.75 Å². The Morgan fingerprint density at radius 1 is 1.35 bits per heavy atom. The van der Waals surface area contributed by atoms with Gasteiger partial charge in [-0.1, -0.05) is 0 Å². The normalized spacial score (nSPS) is 11.3. The van der Waals surface area contributed by atoms with Crippen LogP contribution in [0.5, 0.6) is 5.75 Å². The number of halogens is 3. The average molecular weight is 292 g/mol. The smallest absolute Gasteiger partial charge is 0.416 e. The molecule has 0 spiro atoms. The number of ether oxygens (including phenoxy) is 2. The molecule has 0 aliphatic heterocycles. The molecule has 1 N–H and O–H groups in total. The minimum Gasteiger partial charge on any atom is -0.482 e. The van der Waals surface area contributed by atoms with E-state index < -0.39 is 30.9 Å². The van der Waals surface area contributed by atoms with E-state index in [1.54, 1.807) is 6.92 Å². The van der Waals surface area contributed by atoms with Crippen molar-refractivity contribution in [2.24, 2.45) is 0 Å². The lowest BCUT2D eigenvalue weighted by molar-refractivity contribution is -0.145. The molecule has 0 radical (unpaired) electrons. The molecule has 0 fully saturated rings. The Balaban J connectivity index is 3.00. The Bertz CT molecular complexity index is 483.